The monoisotopic (exact) mass is 678 g/mol. The summed E-state index contributed by atoms with van der Waals surface area (Å²) in [5.74, 6) is 0.464. The van der Waals surface area contributed by atoms with Gasteiger partial charge in [-0.1, -0.05) is 108 Å². The minimum atomic E-state index is -0.708. The first-order chi connectivity index (χ1) is 24.4. The van der Waals surface area contributed by atoms with Crippen LogP contribution in [0, 0.1) is 0 Å². The first-order valence-corrected chi connectivity index (χ1v) is 17.6. The van der Waals surface area contributed by atoms with Gasteiger partial charge in [0.05, 0.1) is 34.3 Å². The van der Waals surface area contributed by atoms with Gasteiger partial charge in [-0.2, -0.15) is 0 Å². The molecule has 7 nitrogen and oxygen atoms in total. The van der Waals surface area contributed by atoms with Crippen molar-refractivity contribution >= 4 is 23.3 Å². The molecule has 0 aliphatic carbocycles. The van der Waals surface area contributed by atoms with E-state index in [2.05, 4.69) is 47.0 Å². The number of hydrogen-bond acceptors (Lipinski definition) is 5. The number of fused-ring (bicyclic) bond motifs is 1. The van der Waals surface area contributed by atoms with Crippen LogP contribution in [0.5, 0.6) is 5.75 Å². The lowest BCUT2D eigenvalue weighted by Gasteiger charge is -2.29. The Bertz CT molecular complexity index is 2390. The highest BCUT2D eigenvalue weighted by Gasteiger charge is 2.35. The maximum Gasteiger partial charge on any atom is 0.271 e. The molecule has 3 heterocycles. The molecule has 0 spiro atoms. The van der Waals surface area contributed by atoms with Gasteiger partial charge in [0.1, 0.15) is 11.8 Å². The number of hydrogen-bond donors (Lipinski definition) is 0. The van der Waals surface area contributed by atoms with E-state index >= 15 is 0 Å². The summed E-state index contributed by atoms with van der Waals surface area (Å²) in [5, 5.41) is 0. The van der Waals surface area contributed by atoms with E-state index in [4.69, 9.17) is 9.73 Å². The molecular formula is C42H38N4O3S. The van der Waals surface area contributed by atoms with Crippen molar-refractivity contribution in [3.8, 4) is 34.0 Å². The number of carbonyl (C=O) groups excluding carboxylic acids is 1. The molecule has 0 saturated heterocycles. The topological polar surface area (TPSA) is 68.8 Å². The summed E-state index contributed by atoms with van der Waals surface area (Å²) in [6.07, 6.45) is 1.97. The fraction of sp³-hybridized carbons (Fsp3) is 0.167. The summed E-state index contributed by atoms with van der Waals surface area (Å²) in [7, 11) is 1.61. The number of likely N-dealkylation sites (N-methyl/N-ethyl adjacent to an activating group) is 1. The third-order valence-corrected chi connectivity index (χ3v) is 10.2. The second-order valence-corrected chi connectivity index (χ2v) is 13.0. The summed E-state index contributed by atoms with van der Waals surface area (Å²) < 4.78 is 10.3. The molecule has 0 radical (unpaired) electrons. The zero-order valence-electron chi connectivity index (χ0n) is 28.5. The number of ether oxygens (including phenoxy) is 1. The third-order valence-electron chi connectivity index (χ3n) is 9.18. The molecule has 1 atom stereocenters. The summed E-state index contributed by atoms with van der Waals surface area (Å²) in [6.45, 7) is 6.86. The minimum absolute atomic E-state index is 0.139. The van der Waals surface area contributed by atoms with Gasteiger partial charge in [-0.05, 0) is 62.2 Å². The zero-order chi connectivity index (χ0) is 34.8. The van der Waals surface area contributed by atoms with E-state index in [9.17, 15) is 9.59 Å². The van der Waals surface area contributed by atoms with Crippen molar-refractivity contribution < 1.29 is 9.53 Å². The number of methoxy groups -OCH3 is 1. The van der Waals surface area contributed by atoms with Gasteiger partial charge >= 0.3 is 0 Å². The van der Waals surface area contributed by atoms with Gasteiger partial charge in [0.2, 0.25) is 0 Å². The molecule has 0 fully saturated rings. The molecule has 0 N–H and O–H groups in total. The van der Waals surface area contributed by atoms with Crippen LogP contribution in [0.2, 0.25) is 0 Å². The van der Waals surface area contributed by atoms with E-state index in [-0.39, 0.29) is 11.5 Å². The van der Waals surface area contributed by atoms with Crippen LogP contribution in [-0.4, -0.2) is 40.1 Å². The number of benzene rings is 4. The molecule has 0 saturated carbocycles. The van der Waals surface area contributed by atoms with Crippen LogP contribution in [-0.2, 0) is 4.79 Å². The number of carbonyl (C=O) groups is 1. The predicted octanol–water partition coefficient (Wildman–Crippen LogP) is 7.24. The van der Waals surface area contributed by atoms with Crippen molar-refractivity contribution in [1.29, 1.82) is 0 Å². The smallest absolute Gasteiger partial charge is 0.271 e. The fourth-order valence-electron chi connectivity index (χ4n) is 6.80. The van der Waals surface area contributed by atoms with Crippen LogP contribution >= 0.6 is 11.3 Å². The average molecular weight is 679 g/mol. The molecule has 0 unspecified atom stereocenters. The summed E-state index contributed by atoms with van der Waals surface area (Å²) >= 11 is 1.34. The zero-order valence-corrected chi connectivity index (χ0v) is 29.4. The van der Waals surface area contributed by atoms with E-state index in [1.165, 1.54) is 11.3 Å². The molecule has 0 bridgehead atoms. The Labute approximate surface area is 295 Å². The number of nitrogens with zero attached hydrogens (tertiary/aromatic N) is 4. The Morgan fingerprint density at radius 3 is 2.10 bits per heavy atom. The van der Waals surface area contributed by atoms with Gasteiger partial charge in [0.15, 0.2) is 4.80 Å². The van der Waals surface area contributed by atoms with E-state index in [0.717, 1.165) is 39.3 Å². The summed E-state index contributed by atoms with van der Waals surface area (Å²) in [4.78, 5) is 36.1. The highest BCUT2D eigenvalue weighted by atomic mass is 32.1. The highest BCUT2D eigenvalue weighted by molar-refractivity contribution is 7.07. The Morgan fingerprint density at radius 2 is 1.46 bits per heavy atom. The average Bonchev–Trinajstić information content (AvgIpc) is 3.69. The number of thiazole rings is 1. The van der Waals surface area contributed by atoms with Crippen LogP contribution in [0.15, 0.2) is 142 Å². The number of para-hydroxylation sites is 2. The lowest BCUT2D eigenvalue weighted by atomic mass is 9.94. The van der Waals surface area contributed by atoms with Crippen molar-refractivity contribution in [3.63, 3.8) is 0 Å². The quantitative estimate of drug-likeness (QED) is 0.162. The molecule has 1 amide bonds. The second kappa shape index (κ2) is 14.0. The Kier molecular flexibility index (Phi) is 9.19. The maximum atomic E-state index is 14.8. The molecule has 6 aromatic rings. The second-order valence-electron chi connectivity index (χ2n) is 12.0. The van der Waals surface area contributed by atoms with Crippen LogP contribution < -0.4 is 19.6 Å². The molecule has 50 heavy (non-hydrogen) atoms. The highest BCUT2D eigenvalue weighted by Crippen LogP contribution is 2.38. The molecular weight excluding hydrogens is 641 g/mol. The fourth-order valence-corrected chi connectivity index (χ4v) is 7.84. The number of aromatic nitrogens is 2. The Balaban J connectivity index is 1.51. The van der Waals surface area contributed by atoms with Crippen molar-refractivity contribution in [2.45, 2.75) is 26.8 Å². The van der Waals surface area contributed by atoms with E-state index in [1.807, 2.05) is 106 Å². The predicted molar refractivity (Wildman–Crippen MR) is 201 cm³/mol. The normalized spacial score (nSPS) is 14.3. The van der Waals surface area contributed by atoms with Crippen LogP contribution in [0.25, 0.3) is 34.3 Å². The first kappa shape index (κ1) is 32.8. The van der Waals surface area contributed by atoms with Gasteiger partial charge in [0.25, 0.3) is 11.5 Å². The largest absolute Gasteiger partial charge is 0.496 e. The molecule has 7 rings (SSSR count). The molecule has 250 valence electrons. The van der Waals surface area contributed by atoms with E-state index in [1.54, 1.807) is 16.6 Å². The third kappa shape index (κ3) is 5.81. The van der Waals surface area contributed by atoms with Gasteiger partial charge in [-0.25, -0.2) is 4.99 Å². The van der Waals surface area contributed by atoms with Crippen molar-refractivity contribution in [2.24, 2.45) is 4.99 Å². The molecule has 1 aliphatic heterocycles. The Morgan fingerprint density at radius 1 is 0.860 bits per heavy atom. The lowest BCUT2D eigenvalue weighted by Crippen LogP contribution is -2.43. The molecule has 8 heteroatoms. The minimum Gasteiger partial charge on any atom is -0.496 e. The van der Waals surface area contributed by atoms with Gasteiger partial charge < -0.3 is 14.2 Å². The van der Waals surface area contributed by atoms with Crippen LogP contribution in [0.4, 0.5) is 0 Å². The van der Waals surface area contributed by atoms with Crippen LogP contribution in [0.3, 0.4) is 0 Å². The summed E-state index contributed by atoms with van der Waals surface area (Å²) in [5.41, 5.74) is 7.55. The van der Waals surface area contributed by atoms with Crippen LogP contribution in [0.1, 0.15) is 37.9 Å². The number of rotatable bonds is 9. The number of amides is 1. The molecule has 1 aliphatic rings. The standard InChI is InChI=1S/C42H38N4O3S/c1-5-44(6-2)41(48)37-28(3)43-42-46(39(37)33-24-16-17-25-35(33)49-4)40(47)36(50-42)27-31-26-34(29-18-10-7-11-19-29)45(32-22-14-9-15-23-32)38(31)30-20-12-8-13-21-30/h7-27,39H,5-6H2,1-4H3/b36-27+/t39-/m1/s1. The van der Waals surface area contributed by atoms with Gasteiger partial charge in [-0.15, -0.1) is 0 Å². The Hall–Kier alpha value is -5.73. The number of allylic oxidation sites excluding steroid dienone is 1. The molecule has 2 aromatic heterocycles. The van der Waals surface area contributed by atoms with Crippen molar-refractivity contribution in [2.75, 3.05) is 20.2 Å². The lowest BCUT2D eigenvalue weighted by molar-refractivity contribution is -0.127. The SMILES string of the molecule is CCN(CC)C(=O)C1=C(C)N=c2s/c(=C/c3cc(-c4ccccc4)n(-c4ccccc4)c3-c3ccccc3)c(=O)n2[C@@H]1c1ccccc1OC. The first-order valence-electron chi connectivity index (χ1n) is 16.8. The summed E-state index contributed by atoms with van der Waals surface area (Å²) in [6, 6.07) is 39.9. The van der Waals surface area contributed by atoms with Gasteiger partial charge in [0, 0.05) is 29.9 Å². The van der Waals surface area contributed by atoms with E-state index < -0.39 is 6.04 Å². The molecule has 4 aromatic carbocycles. The van der Waals surface area contributed by atoms with Crippen molar-refractivity contribution in [1.82, 2.24) is 14.0 Å². The van der Waals surface area contributed by atoms with Crippen molar-refractivity contribution in [3.05, 3.63) is 163 Å². The van der Waals surface area contributed by atoms with Gasteiger partial charge in [-0.3, -0.25) is 14.2 Å². The maximum absolute atomic E-state index is 14.8. The van der Waals surface area contributed by atoms with E-state index in [0.29, 0.717) is 39.4 Å².